The Morgan fingerprint density at radius 2 is 2.07 bits per heavy atom. The number of aryl methyl sites for hydroxylation is 1. The highest BCUT2D eigenvalue weighted by atomic mass is 16.3. The number of H-pyrrole nitrogens is 1. The molecule has 27 heavy (non-hydrogen) atoms. The molecule has 0 fully saturated rings. The van der Waals surface area contributed by atoms with Crippen molar-refractivity contribution in [2.24, 2.45) is 5.92 Å². The van der Waals surface area contributed by atoms with Gasteiger partial charge in [0.2, 0.25) is 0 Å². The summed E-state index contributed by atoms with van der Waals surface area (Å²) in [6.45, 7) is 8.46. The number of aromatic nitrogens is 2. The molecule has 0 aliphatic carbocycles. The van der Waals surface area contributed by atoms with Crippen LogP contribution in [0.3, 0.4) is 0 Å². The van der Waals surface area contributed by atoms with Crippen LogP contribution < -0.4 is 21.9 Å². The highest BCUT2D eigenvalue weighted by Gasteiger charge is 2.27. The van der Waals surface area contributed by atoms with Gasteiger partial charge in [0.1, 0.15) is 5.82 Å². The first kappa shape index (κ1) is 20.5. The third-order valence-corrected chi connectivity index (χ3v) is 4.45. The first-order valence-electron chi connectivity index (χ1n) is 9.26. The number of rotatable bonds is 8. The van der Waals surface area contributed by atoms with Crippen LogP contribution in [0.2, 0.25) is 0 Å². The lowest BCUT2D eigenvalue weighted by molar-refractivity contribution is 0.0958. The summed E-state index contributed by atoms with van der Waals surface area (Å²) in [7, 11) is 0. The van der Waals surface area contributed by atoms with Gasteiger partial charge >= 0.3 is 5.69 Å². The molecule has 2 heterocycles. The van der Waals surface area contributed by atoms with Gasteiger partial charge in [-0.05, 0) is 31.7 Å². The van der Waals surface area contributed by atoms with Crippen molar-refractivity contribution in [2.75, 3.05) is 17.2 Å². The van der Waals surface area contributed by atoms with Crippen LogP contribution >= 0.6 is 0 Å². The summed E-state index contributed by atoms with van der Waals surface area (Å²) in [6, 6.07) is 1.68. The zero-order valence-corrected chi connectivity index (χ0v) is 16.4. The summed E-state index contributed by atoms with van der Waals surface area (Å²) >= 11 is 0. The van der Waals surface area contributed by atoms with Gasteiger partial charge < -0.3 is 10.2 Å². The molecule has 0 unspecified atom stereocenters. The lowest BCUT2D eigenvalue weighted by atomic mass is 10.1. The number of nitrogens with zero attached hydrogens (tertiary/aromatic N) is 2. The molecule has 0 saturated carbocycles. The molecular weight excluding hydrogens is 348 g/mol. The van der Waals surface area contributed by atoms with Crippen molar-refractivity contribution < 1.29 is 9.21 Å². The van der Waals surface area contributed by atoms with E-state index in [1.165, 1.54) is 15.7 Å². The van der Waals surface area contributed by atoms with Gasteiger partial charge in [0.25, 0.3) is 11.5 Å². The molecule has 2 aromatic rings. The zero-order valence-electron chi connectivity index (χ0n) is 16.4. The van der Waals surface area contributed by atoms with Gasteiger partial charge in [-0.1, -0.05) is 27.2 Å². The summed E-state index contributed by atoms with van der Waals surface area (Å²) < 4.78 is 6.63. The number of amides is 1. The molecule has 8 nitrogen and oxygen atoms in total. The lowest BCUT2D eigenvalue weighted by Gasteiger charge is -2.24. The van der Waals surface area contributed by atoms with Crippen LogP contribution in [-0.2, 0) is 6.54 Å². The van der Waals surface area contributed by atoms with E-state index in [0.717, 1.165) is 12.8 Å². The second-order valence-electron chi connectivity index (χ2n) is 7.07. The smallest absolute Gasteiger partial charge is 0.330 e. The van der Waals surface area contributed by atoms with Crippen LogP contribution in [0.25, 0.3) is 0 Å². The van der Waals surface area contributed by atoms with Gasteiger partial charge in [-0.3, -0.25) is 24.0 Å². The van der Waals surface area contributed by atoms with E-state index in [9.17, 15) is 14.4 Å². The summed E-state index contributed by atoms with van der Waals surface area (Å²) in [5.74, 6) is 0.0164. The predicted molar refractivity (Wildman–Crippen MR) is 105 cm³/mol. The van der Waals surface area contributed by atoms with Crippen molar-refractivity contribution in [3.05, 3.63) is 44.5 Å². The van der Waals surface area contributed by atoms with E-state index in [1.807, 2.05) is 20.8 Å². The Morgan fingerprint density at radius 1 is 1.37 bits per heavy atom. The fraction of sp³-hybridized carbons (Fsp3) is 0.526. The second kappa shape index (κ2) is 8.75. The van der Waals surface area contributed by atoms with E-state index in [1.54, 1.807) is 13.0 Å². The molecular formula is C19H28N4O4. The Hall–Kier alpha value is -2.77. The van der Waals surface area contributed by atoms with Crippen LogP contribution in [0.5, 0.6) is 0 Å². The minimum Gasteiger partial charge on any atom is -0.459 e. The standard InChI is InChI=1S/C19H28N4O4/c1-5-6-9-23-16(20)14(17(24)21-19(23)26)22(10-7-12(2)3)18(25)15-13(4)8-11-27-15/h8,11-12H,5-7,9-10,20H2,1-4H3,(H,21,24,26). The Kier molecular flexibility index (Phi) is 6.65. The van der Waals surface area contributed by atoms with Crippen molar-refractivity contribution in [3.8, 4) is 0 Å². The number of carbonyl (C=O) groups excluding carboxylic acids is 1. The van der Waals surface area contributed by atoms with Crippen molar-refractivity contribution in [1.82, 2.24) is 9.55 Å². The van der Waals surface area contributed by atoms with Crippen LogP contribution in [0.1, 0.15) is 56.2 Å². The fourth-order valence-corrected chi connectivity index (χ4v) is 2.79. The molecule has 0 saturated heterocycles. The number of unbranched alkanes of at least 4 members (excludes halogenated alkanes) is 1. The van der Waals surface area contributed by atoms with E-state index in [4.69, 9.17) is 10.2 Å². The molecule has 0 aliphatic rings. The van der Waals surface area contributed by atoms with Gasteiger partial charge in [0, 0.05) is 18.7 Å². The Bertz CT molecular complexity index is 907. The molecule has 0 bridgehead atoms. The topological polar surface area (TPSA) is 114 Å². The molecule has 148 valence electrons. The number of anilines is 2. The number of nitrogen functional groups attached to an aromatic ring is 1. The van der Waals surface area contributed by atoms with E-state index >= 15 is 0 Å². The lowest BCUT2D eigenvalue weighted by Crippen LogP contribution is -2.42. The number of aromatic amines is 1. The summed E-state index contributed by atoms with van der Waals surface area (Å²) in [4.78, 5) is 41.4. The molecule has 2 aromatic heterocycles. The SMILES string of the molecule is CCCCn1c(N)c(N(CCC(C)C)C(=O)c2occc2C)c(=O)[nH]c1=O. The van der Waals surface area contributed by atoms with Crippen LogP contribution in [0.4, 0.5) is 11.5 Å². The molecule has 0 spiro atoms. The molecule has 8 heteroatoms. The summed E-state index contributed by atoms with van der Waals surface area (Å²) in [5, 5.41) is 0. The van der Waals surface area contributed by atoms with E-state index in [2.05, 4.69) is 4.98 Å². The molecule has 0 aliphatic heterocycles. The molecule has 2 rings (SSSR count). The maximum atomic E-state index is 13.1. The first-order chi connectivity index (χ1) is 12.8. The second-order valence-corrected chi connectivity index (χ2v) is 7.07. The van der Waals surface area contributed by atoms with Crippen molar-refractivity contribution in [3.63, 3.8) is 0 Å². The van der Waals surface area contributed by atoms with Gasteiger partial charge in [-0.25, -0.2) is 4.79 Å². The van der Waals surface area contributed by atoms with Crippen molar-refractivity contribution in [1.29, 1.82) is 0 Å². The first-order valence-corrected chi connectivity index (χ1v) is 9.26. The normalized spacial score (nSPS) is 11.1. The fourth-order valence-electron chi connectivity index (χ4n) is 2.79. The van der Waals surface area contributed by atoms with Crippen molar-refractivity contribution in [2.45, 2.75) is 53.5 Å². The Morgan fingerprint density at radius 3 is 2.63 bits per heavy atom. The monoisotopic (exact) mass is 376 g/mol. The van der Waals surface area contributed by atoms with Crippen LogP contribution in [0.15, 0.2) is 26.3 Å². The van der Waals surface area contributed by atoms with Gasteiger partial charge in [0.15, 0.2) is 11.4 Å². The zero-order chi connectivity index (χ0) is 20.1. The van der Waals surface area contributed by atoms with Gasteiger partial charge in [-0.2, -0.15) is 0 Å². The largest absolute Gasteiger partial charge is 0.459 e. The maximum absolute atomic E-state index is 13.1. The average Bonchev–Trinajstić information content (AvgIpc) is 3.02. The third kappa shape index (κ3) is 4.50. The highest BCUT2D eigenvalue weighted by Crippen LogP contribution is 2.22. The van der Waals surface area contributed by atoms with Crippen LogP contribution in [0, 0.1) is 12.8 Å². The minimum absolute atomic E-state index is 0.00137. The number of nitrogens with one attached hydrogen (secondary N) is 1. The Balaban J connectivity index is 2.58. The van der Waals surface area contributed by atoms with Gasteiger partial charge in [-0.15, -0.1) is 0 Å². The average molecular weight is 376 g/mol. The quantitative estimate of drug-likeness (QED) is 0.735. The molecule has 0 atom stereocenters. The molecule has 0 aromatic carbocycles. The molecule has 1 amide bonds. The number of nitrogens with two attached hydrogens (primary N) is 1. The third-order valence-electron chi connectivity index (χ3n) is 4.45. The van der Waals surface area contributed by atoms with Gasteiger partial charge in [0.05, 0.1) is 6.26 Å². The number of hydrogen-bond acceptors (Lipinski definition) is 5. The number of hydrogen-bond donors (Lipinski definition) is 2. The van der Waals surface area contributed by atoms with E-state index in [0.29, 0.717) is 24.4 Å². The Labute approximate surface area is 158 Å². The van der Waals surface area contributed by atoms with E-state index < -0.39 is 17.2 Å². The number of furan rings is 1. The summed E-state index contributed by atoms with van der Waals surface area (Å²) in [5.41, 5.74) is 5.60. The summed E-state index contributed by atoms with van der Waals surface area (Å²) in [6.07, 6.45) is 3.69. The van der Waals surface area contributed by atoms with E-state index in [-0.39, 0.29) is 23.8 Å². The predicted octanol–water partition coefficient (Wildman–Crippen LogP) is 2.51. The minimum atomic E-state index is -0.674. The number of carbonyl (C=O) groups is 1. The van der Waals surface area contributed by atoms with Crippen molar-refractivity contribution >= 4 is 17.4 Å². The molecule has 0 radical (unpaired) electrons. The molecule has 3 N–H and O–H groups in total. The highest BCUT2D eigenvalue weighted by molar-refractivity contribution is 6.06. The van der Waals surface area contributed by atoms with Crippen LogP contribution in [-0.4, -0.2) is 22.0 Å². The maximum Gasteiger partial charge on any atom is 0.330 e.